The molecule has 6 heteroatoms. The lowest BCUT2D eigenvalue weighted by Gasteiger charge is -2.37. The molecule has 1 aliphatic rings. The average molecular weight is 385 g/mol. The molecule has 2 atom stereocenters. The van der Waals surface area contributed by atoms with E-state index in [4.69, 9.17) is 0 Å². The molecule has 3 heterocycles. The van der Waals surface area contributed by atoms with Crippen LogP contribution in [0.15, 0.2) is 24.3 Å². The summed E-state index contributed by atoms with van der Waals surface area (Å²) in [6, 6.07) is 8.90. The molecule has 5 nitrogen and oxygen atoms in total. The van der Waals surface area contributed by atoms with Gasteiger partial charge in [-0.05, 0) is 42.9 Å². The van der Waals surface area contributed by atoms with Crippen LogP contribution < -0.4 is 0 Å². The fraction of sp³-hybridized carbons (Fsp3) is 0.524. The molecule has 1 aliphatic heterocycles. The van der Waals surface area contributed by atoms with Crippen molar-refractivity contribution in [3.63, 3.8) is 0 Å². The van der Waals surface area contributed by atoms with Crippen molar-refractivity contribution in [2.24, 2.45) is 5.92 Å². The Bertz CT molecular complexity index is 914. The molecule has 0 spiro atoms. The lowest BCUT2D eigenvalue weighted by atomic mass is 9.95. The van der Waals surface area contributed by atoms with Gasteiger partial charge in [0, 0.05) is 13.0 Å². The van der Waals surface area contributed by atoms with E-state index in [1.165, 1.54) is 24.0 Å². The molecule has 1 N–H and O–H groups in total. The van der Waals surface area contributed by atoms with Gasteiger partial charge in [0.15, 0.2) is 5.82 Å². The Morgan fingerprint density at radius 3 is 2.63 bits per heavy atom. The highest BCUT2D eigenvalue weighted by Gasteiger charge is 2.31. The first-order valence-electron chi connectivity index (χ1n) is 10.0. The standard InChI is InChI=1S/C21H28N4OS/c1-4-15-8-10-16(11-9-15)18(24-12-6-7-14(3)13-24)19-20(26)25-21(27-19)22-17(5-2)23-25/h8-11,14,18,26H,4-7,12-13H2,1-3H3/t14-,18+/m1/s1. The zero-order valence-corrected chi connectivity index (χ0v) is 17.2. The highest BCUT2D eigenvalue weighted by Crippen LogP contribution is 2.41. The van der Waals surface area contributed by atoms with Crippen LogP contribution in [0.3, 0.4) is 0 Å². The Hall–Kier alpha value is -1.92. The number of hydrogen-bond acceptors (Lipinski definition) is 5. The summed E-state index contributed by atoms with van der Waals surface area (Å²) >= 11 is 1.57. The van der Waals surface area contributed by atoms with Gasteiger partial charge in [0.25, 0.3) is 0 Å². The van der Waals surface area contributed by atoms with Crippen LogP contribution in [0.1, 0.15) is 61.5 Å². The molecule has 0 radical (unpaired) electrons. The fourth-order valence-electron chi connectivity index (χ4n) is 4.04. The van der Waals surface area contributed by atoms with Crippen LogP contribution in [0.4, 0.5) is 0 Å². The largest absolute Gasteiger partial charge is 0.492 e. The molecule has 0 bridgehead atoms. The molecule has 0 aliphatic carbocycles. The van der Waals surface area contributed by atoms with Gasteiger partial charge in [-0.25, -0.2) is 4.98 Å². The number of likely N-dealkylation sites (tertiary alicyclic amines) is 1. The van der Waals surface area contributed by atoms with Crippen molar-refractivity contribution >= 4 is 16.3 Å². The SMILES string of the molecule is CCc1ccc([C@@H](c2sc3nc(CC)nn3c2O)N2CCC[C@@H](C)C2)cc1. The molecular weight excluding hydrogens is 356 g/mol. The van der Waals surface area contributed by atoms with E-state index in [2.05, 4.69) is 53.1 Å². The van der Waals surface area contributed by atoms with Crippen LogP contribution >= 0.6 is 11.3 Å². The van der Waals surface area contributed by atoms with Crippen molar-refractivity contribution in [1.29, 1.82) is 0 Å². The molecule has 0 saturated carbocycles. The minimum Gasteiger partial charge on any atom is -0.492 e. The number of aromatic nitrogens is 3. The van der Waals surface area contributed by atoms with Gasteiger partial charge in [-0.1, -0.05) is 56.4 Å². The summed E-state index contributed by atoms with van der Waals surface area (Å²) in [5.74, 6) is 1.69. The van der Waals surface area contributed by atoms with E-state index in [1.54, 1.807) is 15.9 Å². The van der Waals surface area contributed by atoms with Crippen molar-refractivity contribution in [2.45, 2.75) is 52.5 Å². The van der Waals surface area contributed by atoms with E-state index >= 15 is 0 Å². The lowest BCUT2D eigenvalue weighted by Crippen LogP contribution is -2.37. The average Bonchev–Trinajstić information content (AvgIpc) is 3.22. The summed E-state index contributed by atoms with van der Waals surface area (Å²) in [6.45, 7) is 8.63. The zero-order valence-electron chi connectivity index (χ0n) is 16.4. The van der Waals surface area contributed by atoms with Crippen molar-refractivity contribution in [3.05, 3.63) is 46.1 Å². The number of benzene rings is 1. The van der Waals surface area contributed by atoms with Gasteiger partial charge in [0.05, 0.1) is 10.9 Å². The van der Waals surface area contributed by atoms with Gasteiger partial charge in [-0.3, -0.25) is 4.90 Å². The Morgan fingerprint density at radius 2 is 2.00 bits per heavy atom. The van der Waals surface area contributed by atoms with Crippen LogP contribution in [0, 0.1) is 5.92 Å². The first-order valence-corrected chi connectivity index (χ1v) is 10.8. The first-order chi connectivity index (χ1) is 13.1. The van der Waals surface area contributed by atoms with Crippen molar-refractivity contribution < 1.29 is 5.11 Å². The van der Waals surface area contributed by atoms with E-state index in [0.717, 1.165) is 41.6 Å². The second-order valence-electron chi connectivity index (χ2n) is 7.61. The van der Waals surface area contributed by atoms with E-state index in [9.17, 15) is 5.11 Å². The minimum absolute atomic E-state index is 0.0530. The Balaban J connectivity index is 1.79. The molecule has 2 aromatic heterocycles. The number of hydrogen-bond donors (Lipinski definition) is 1. The van der Waals surface area contributed by atoms with Crippen LogP contribution in [0.25, 0.3) is 4.96 Å². The number of rotatable bonds is 5. The second-order valence-corrected chi connectivity index (χ2v) is 8.61. The van der Waals surface area contributed by atoms with E-state index < -0.39 is 0 Å². The third-order valence-electron chi connectivity index (χ3n) is 5.57. The van der Waals surface area contributed by atoms with Crippen LogP contribution in [-0.2, 0) is 12.8 Å². The maximum Gasteiger partial charge on any atom is 0.230 e. The lowest BCUT2D eigenvalue weighted by molar-refractivity contribution is 0.149. The van der Waals surface area contributed by atoms with Crippen LogP contribution in [0.2, 0.25) is 0 Å². The molecule has 1 aromatic carbocycles. The molecule has 0 unspecified atom stereocenters. The molecule has 4 rings (SSSR count). The van der Waals surface area contributed by atoms with Gasteiger partial charge in [0.2, 0.25) is 10.8 Å². The molecule has 3 aromatic rings. The van der Waals surface area contributed by atoms with E-state index in [-0.39, 0.29) is 11.9 Å². The monoisotopic (exact) mass is 384 g/mol. The highest BCUT2D eigenvalue weighted by molar-refractivity contribution is 7.17. The highest BCUT2D eigenvalue weighted by atomic mass is 32.1. The van der Waals surface area contributed by atoms with Crippen LogP contribution in [0.5, 0.6) is 5.88 Å². The van der Waals surface area contributed by atoms with Gasteiger partial charge in [0.1, 0.15) is 0 Å². The first kappa shape index (κ1) is 18.4. The normalized spacial score (nSPS) is 19.6. The maximum atomic E-state index is 11.0. The van der Waals surface area contributed by atoms with E-state index in [1.807, 2.05) is 6.92 Å². The molecule has 1 saturated heterocycles. The second kappa shape index (κ2) is 7.60. The zero-order chi connectivity index (χ0) is 19.0. The third kappa shape index (κ3) is 3.48. The molecule has 0 amide bonds. The minimum atomic E-state index is 0.0530. The molecular formula is C21H28N4OS. The summed E-state index contributed by atoms with van der Waals surface area (Å²) in [6.07, 6.45) is 4.29. The summed E-state index contributed by atoms with van der Waals surface area (Å²) in [5.41, 5.74) is 2.57. The van der Waals surface area contributed by atoms with E-state index in [0.29, 0.717) is 5.92 Å². The number of nitrogens with zero attached hydrogens (tertiary/aromatic N) is 4. The smallest absolute Gasteiger partial charge is 0.230 e. The Kier molecular flexibility index (Phi) is 5.19. The Labute approximate surface area is 164 Å². The third-order valence-corrected chi connectivity index (χ3v) is 6.64. The summed E-state index contributed by atoms with van der Waals surface area (Å²) in [4.78, 5) is 8.81. The van der Waals surface area contributed by atoms with Gasteiger partial charge >= 0.3 is 0 Å². The summed E-state index contributed by atoms with van der Waals surface area (Å²) < 4.78 is 1.61. The number of aromatic hydroxyl groups is 1. The number of fused-ring (bicyclic) bond motifs is 1. The van der Waals surface area contributed by atoms with Crippen molar-refractivity contribution in [3.8, 4) is 5.88 Å². The fourth-order valence-corrected chi connectivity index (χ4v) is 5.18. The predicted molar refractivity (Wildman–Crippen MR) is 110 cm³/mol. The quantitative estimate of drug-likeness (QED) is 0.706. The van der Waals surface area contributed by atoms with Crippen molar-refractivity contribution in [2.75, 3.05) is 13.1 Å². The van der Waals surface area contributed by atoms with Crippen molar-refractivity contribution in [1.82, 2.24) is 19.5 Å². The number of piperidine rings is 1. The number of aryl methyl sites for hydroxylation is 2. The Morgan fingerprint density at radius 1 is 1.22 bits per heavy atom. The van der Waals surface area contributed by atoms with Gasteiger partial charge < -0.3 is 5.11 Å². The topological polar surface area (TPSA) is 53.7 Å². The number of thiazole rings is 1. The maximum absolute atomic E-state index is 11.0. The molecule has 144 valence electrons. The van der Waals surface area contributed by atoms with Gasteiger partial charge in [-0.15, -0.1) is 5.10 Å². The predicted octanol–water partition coefficient (Wildman–Crippen LogP) is 4.44. The summed E-state index contributed by atoms with van der Waals surface area (Å²) in [5, 5.41) is 15.4. The van der Waals surface area contributed by atoms with Gasteiger partial charge in [-0.2, -0.15) is 4.52 Å². The van der Waals surface area contributed by atoms with Crippen LogP contribution in [-0.4, -0.2) is 37.7 Å². The molecule has 1 fully saturated rings. The molecule has 27 heavy (non-hydrogen) atoms. The summed E-state index contributed by atoms with van der Waals surface area (Å²) in [7, 11) is 0.